The molecule has 1 saturated carbocycles. The predicted molar refractivity (Wildman–Crippen MR) is 119 cm³/mol. The third-order valence-corrected chi connectivity index (χ3v) is 5.08. The van der Waals surface area contributed by atoms with E-state index >= 15 is 0 Å². The average Bonchev–Trinajstić information content (AvgIpc) is 3.34. The Labute approximate surface area is 216 Å². The fraction of sp³-hybridized carbons (Fsp3) is 0.261. The minimum atomic E-state index is -2.85. The summed E-state index contributed by atoms with van der Waals surface area (Å²) in [6.45, 7) is -2.85. The van der Waals surface area contributed by atoms with Crippen LogP contribution in [0, 0.1) is 6.20 Å². The van der Waals surface area contributed by atoms with Gasteiger partial charge in [-0.05, 0) is 49.4 Å². The summed E-state index contributed by atoms with van der Waals surface area (Å²) in [6, 6.07) is 11.5. The van der Waals surface area contributed by atoms with Gasteiger partial charge in [0.05, 0.1) is 11.9 Å². The van der Waals surface area contributed by atoms with Gasteiger partial charge in [-0.1, -0.05) is 19.0 Å². The van der Waals surface area contributed by atoms with E-state index in [-0.39, 0.29) is 41.0 Å². The van der Waals surface area contributed by atoms with Crippen LogP contribution in [-0.4, -0.2) is 37.2 Å². The number of hydrogen-bond donors (Lipinski definition) is 1. The van der Waals surface area contributed by atoms with Crippen LogP contribution >= 0.6 is 0 Å². The first kappa shape index (κ1) is 25.7. The van der Waals surface area contributed by atoms with Gasteiger partial charge in [0.2, 0.25) is 0 Å². The first-order valence-electron chi connectivity index (χ1n) is 10.4. The Morgan fingerprint density at radius 3 is 2.56 bits per heavy atom. The van der Waals surface area contributed by atoms with E-state index in [2.05, 4.69) is 36.2 Å². The van der Waals surface area contributed by atoms with Gasteiger partial charge in [-0.3, -0.25) is 14.3 Å². The number of alkyl halides is 2. The van der Waals surface area contributed by atoms with Crippen LogP contribution in [0.15, 0.2) is 66.0 Å². The molecular formula is C23H21F2N6NaO2. The Hall–Kier alpha value is -2.95. The third kappa shape index (κ3) is 6.78. The molecule has 0 unspecified atom stereocenters. The summed E-state index contributed by atoms with van der Waals surface area (Å²) >= 11 is 0. The molecule has 1 aliphatic rings. The van der Waals surface area contributed by atoms with Crippen LogP contribution in [0.1, 0.15) is 25.7 Å². The second-order valence-electron chi connectivity index (χ2n) is 7.31. The van der Waals surface area contributed by atoms with Gasteiger partial charge < -0.3 is 15.0 Å². The first-order chi connectivity index (χ1) is 16.1. The molecule has 0 saturated heterocycles. The molecule has 0 bridgehead atoms. The van der Waals surface area contributed by atoms with Gasteiger partial charge in [-0.2, -0.15) is 8.78 Å². The number of nitrogens with one attached hydrogen (secondary N) is 1. The zero-order chi connectivity index (χ0) is 23.0. The first-order valence-corrected chi connectivity index (χ1v) is 10.4. The van der Waals surface area contributed by atoms with Gasteiger partial charge in [0.15, 0.2) is 5.88 Å². The quantitative estimate of drug-likeness (QED) is 0.341. The van der Waals surface area contributed by atoms with Gasteiger partial charge in [0.25, 0.3) is 5.56 Å². The third-order valence-electron chi connectivity index (χ3n) is 5.08. The normalized spacial score (nSPS) is 13.1. The van der Waals surface area contributed by atoms with Crippen LogP contribution in [0.3, 0.4) is 0 Å². The zero-order valence-corrected chi connectivity index (χ0v) is 20.6. The Balaban J connectivity index is 0.000000250. The van der Waals surface area contributed by atoms with Crippen LogP contribution in [0.25, 0.3) is 16.7 Å². The van der Waals surface area contributed by atoms with E-state index in [1.807, 2.05) is 24.3 Å². The monoisotopic (exact) mass is 474 g/mol. The van der Waals surface area contributed by atoms with Crippen LogP contribution < -0.4 is 45.2 Å². The molecule has 1 N–H and O–H groups in total. The molecule has 0 spiro atoms. The molecule has 34 heavy (non-hydrogen) atoms. The summed E-state index contributed by atoms with van der Waals surface area (Å²) in [5.74, 6) is 0.663. The minimum absolute atomic E-state index is 0. The van der Waals surface area contributed by atoms with Gasteiger partial charge in [0.1, 0.15) is 11.5 Å². The van der Waals surface area contributed by atoms with Crippen LogP contribution in [0.2, 0.25) is 0 Å². The molecule has 1 aliphatic carbocycles. The van der Waals surface area contributed by atoms with Crippen molar-refractivity contribution in [2.75, 3.05) is 5.32 Å². The van der Waals surface area contributed by atoms with Crippen molar-refractivity contribution >= 4 is 16.9 Å². The van der Waals surface area contributed by atoms with Crippen molar-refractivity contribution in [3.63, 3.8) is 0 Å². The second-order valence-corrected chi connectivity index (χ2v) is 7.31. The van der Waals surface area contributed by atoms with Crippen molar-refractivity contribution in [1.29, 1.82) is 0 Å². The van der Waals surface area contributed by atoms with Gasteiger partial charge in [-0.25, -0.2) is 9.97 Å². The Morgan fingerprint density at radius 1 is 1.06 bits per heavy atom. The molecular weight excluding hydrogens is 453 g/mol. The summed E-state index contributed by atoms with van der Waals surface area (Å²) in [6.07, 6.45) is 12.9. The molecule has 1 fully saturated rings. The van der Waals surface area contributed by atoms with E-state index in [0.717, 1.165) is 29.3 Å². The average molecular weight is 474 g/mol. The number of fused-ring (bicyclic) bond motifs is 1. The molecule has 0 aliphatic heterocycles. The second kappa shape index (κ2) is 12.5. The largest absolute Gasteiger partial charge is 1.00 e. The van der Waals surface area contributed by atoms with Crippen molar-refractivity contribution in [1.82, 2.24) is 24.5 Å². The SMILES string of the molecule is FC(F)Oc1cn[c-]cn1.O=c1ccc2cccnc2n1-c1ccc(NC2CCCC2)nc1.[Na+]. The topological polar surface area (TPSA) is 94.8 Å². The summed E-state index contributed by atoms with van der Waals surface area (Å²) in [7, 11) is 0. The maximum atomic E-state index is 12.3. The number of nitrogens with zero attached hydrogens (tertiary/aromatic N) is 5. The Bertz CT molecular complexity index is 1240. The van der Waals surface area contributed by atoms with Crippen molar-refractivity contribution in [2.45, 2.75) is 38.3 Å². The molecule has 0 amide bonds. The Morgan fingerprint density at radius 2 is 1.88 bits per heavy atom. The van der Waals surface area contributed by atoms with E-state index in [4.69, 9.17) is 0 Å². The fourth-order valence-electron chi connectivity index (χ4n) is 3.60. The smallest absolute Gasteiger partial charge is 0.453 e. The van der Waals surface area contributed by atoms with Gasteiger partial charge in [-0.15, -0.1) is 6.20 Å². The number of rotatable bonds is 5. The molecule has 4 heterocycles. The van der Waals surface area contributed by atoms with Crippen molar-refractivity contribution in [3.05, 3.63) is 77.7 Å². The molecule has 11 heteroatoms. The van der Waals surface area contributed by atoms with E-state index in [9.17, 15) is 13.6 Å². The number of pyridine rings is 3. The van der Waals surface area contributed by atoms with Gasteiger partial charge in [0, 0.05) is 23.7 Å². The summed E-state index contributed by atoms with van der Waals surface area (Å²) < 4.78 is 28.3. The Kier molecular flexibility index (Phi) is 9.43. The van der Waals surface area contributed by atoms with E-state index in [1.165, 1.54) is 25.7 Å². The molecule has 0 atom stereocenters. The minimum Gasteiger partial charge on any atom is -0.453 e. The number of hydrogen-bond acceptors (Lipinski definition) is 7. The molecule has 4 aromatic rings. The maximum Gasteiger partial charge on any atom is 1.00 e. The summed E-state index contributed by atoms with van der Waals surface area (Å²) in [4.78, 5) is 27.9. The van der Waals surface area contributed by atoms with Crippen molar-refractivity contribution in [3.8, 4) is 11.6 Å². The zero-order valence-electron chi connectivity index (χ0n) is 18.6. The molecule has 4 aromatic heterocycles. The van der Waals surface area contributed by atoms with Crippen molar-refractivity contribution < 1.29 is 43.1 Å². The molecule has 8 nitrogen and oxygen atoms in total. The molecule has 0 radical (unpaired) electrons. The van der Waals surface area contributed by atoms with Crippen LogP contribution in [-0.2, 0) is 0 Å². The summed E-state index contributed by atoms with van der Waals surface area (Å²) in [5, 5.41) is 4.39. The van der Waals surface area contributed by atoms with Crippen LogP contribution in [0.5, 0.6) is 5.88 Å². The van der Waals surface area contributed by atoms with Gasteiger partial charge >= 0.3 is 36.2 Å². The van der Waals surface area contributed by atoms with E-state index in [1.54, 1.807) is 29.1 Å². The van der Waals surface area contributed by atoms with E-state index in [0.29, 0.717) is 11.7 Å². The molecule has 0 aromatic carbocycles. The standard InChI is InChI=1S/C18H18N4O.C5H3F2N2O.Na/c23-17-10-7-13-4-3-11-19-18(13)22(17)15-8-9-16(20-12-15)21-14-5-1-2-6-14;6-5(7)10-4-3-8-1-2-9-4;/h3-4,7-12,14H,1-2,5-6H2,(H,20,21);2-3,5H;/q;-1;+1. The number of ether oxygens (including phenoxy) is 1. The molecule has 170 valence electrons. The maximum absolute atomic E-state index is 12.3. The number of aromatic nitrogens is 5. The predicted octanol–water partition coefficient (Wildman–Crippen LogP) is 1.02. The number of halogens is 2. The fourth-order valence-corrected chi connectivity index (χ4v) is 3.60. The summed E-state index contributed by atoms with van der Waals surface area (Å²) in [5.41, 5.74) is 1.28. The van der Waals surface area contributed by atoms with Crippen molar-refractivity contribution in [2.24, 2.45) is 0 Å². The molecule has 5 rings (SSSR count). The van der Waals surface area contributed by atoms with E-state index < -0.39 is 6.61 Å². The van der Waals surface area contributed by atoms with Crippen LogP contribution in [0.4, 0.5) is 14.6 Å². The number of anilines is 1.